The van der Waals surface area contributed by atoms with Crippen LogP contribution in [0.4, 0.5) is 11.4 Å². The topological polar surface area (TPSA) is 41.9 Å². The van der Waals surface area contributed by atoms with E-state index in [-0.39, 0.29) is 12.5 Å². The Kier molecular flexibility index (Phi) is 8.99. The molecule has 1 aliphatic rings. The van der Waals surface area contributed by atoms with Gasteiger partial charge in [-0.2, -0.15) is 0 Å². The zero-order valence-electron chi connectivity index (χ0n) is 19.6. The molecular formula is C29H18Cl2I2N2O2S. The number of rotatable bonds is 6. The standard InChI is InChI=1S/C29H18Cl2I2N2O2S/c30-20-12-11-18(24(31)15-20)17-37-27-19(13-21(32)16-25(27)33)14-26-28(36)35(23-9-5-2-6-10-23)29(38-26)34-22-7-3-1-4-8-22/h1-16H,17H2. The maximum atomic E-state index is 13.7. The number of hydrogen-bond acceptors (Lipinski definition) is 4. The van der Waals surface area contributed by atoms with Crippen molar-refractivity contribution in [1.82, 2.24) is 0 Å². The molecule has 0 saturated carbocycles. The zero-order chi connectivity index (χ0) is 26.6. The van der Waals surface area contributed by atoms with Crippen molar-refractivity contribution in [2.75, 3.05) is 4.90 Å². The first-order valence-corrected chi connectivity index (χ1v) is 15.1. The molecule has 1 aliphatic heterocycles. The van der Waals surface area contributed by atoms with Crippen LogP contribution in [0.1, 0.15) is 11.1 Å². The Balaban J connectivity index is 1.53. The van der Waals surface area contributed by atoms with E-state index in [9.17, 15) is 4.79 Å². The number of anilines is 1. The van der Waals surface area contributed by atoms with Gasteiger partial charge in [-0.3, -0.25) is 9.69 Å². The summed E-state index contributed by atoms with van der Waals surface area (Å²) in [5.74, 6) is 0.536. The molecule has 0 N–H and O–H groups in total. The molecule has 0 aliphatic carbocycles. The fourth-order valence-electron chi connectivity index (χ4n) is 3.74. The van der Waals surface area contributed by atoms with Gasteiger partial charge in [0, 0.05) is 24.7 Å². The average molecular weight is 783 g/mol. The molecule has 4 aromatic carbocycles. The molecule has 1 fully saturated rings. The van der Waals surface area contributed by atoms with Crippen molar-refractivity contribution in [3.63, 3.8) is 0 Å². The van der Waals surface area contributed by atoms with E-state index in [1.807, 2.05) is 84.9 Å². The van der Waals surface area contributed by atoms with Crippen LogP contribution in [0.15, 0.2) is 101 Å². The minimum Gasteiger partial charge on any atom is -0.487 e. The number of para-hydroxylation sites is 2. The second-order valence-corrected chi connectivity index (χ2v) is 12.4. The predicted molar refractivity (Wildman–Crippen MR) is 176 cm³/mol. The molecule has 0 bridgehead atoms. The minimum absolute atomic E-state index is 0.142. The number of hydrogen-bond donors (Lipinski definition) is 0. The fourth-order valence-corrected chi connectivity index (χ4v) is 7.24. The number of benzene rings is 4. The van der Waals surface area contributed by atoms with Gasteiger partial charge in [-0.1, -0.05) is 65.7 Å². The summed E-state index contributed by atoms with van der Waals surface area (Å²) in [7, 11) is 0. The lowest BCUT2D eigenvalue weighted by Gasteiger charge is -2.15. The summed E-state index contributed by atoms with van der Waals surface area (Å²) in [5.41, 5.74) is 3.16. The Morgan fingerprint density at radius 3 is 2.34 bits per heavy atom. The van der Waals surface area contributed by atoms with Gasteiger partial charge in [0.25, 0.3) is 5.91 Å². The van der Waals surface area contributed by atoms with Crippen LogP contribution in [0.2, 0.25) is 10.0 Å². The number of carbonyl (C=O) groups is 1. The smallest absolute Gasteiger partial charge is 0.271 e. The molecule has 1 saturated heterocycles. The molecule has 4 aromatic rings. The van der Waals surface area contributed by atoms with Gasteiger partial charge in [-0.15, -0.1) is 0 Å². The van der Waals surface area contributed by atoms with E-state index in [4.69, 9.17) is 32.9 Å². The molecule has 0 atom stereocenters. The number of nitrogens with zero attached hydrogens (tertiary/aromatic N) is 2. The summed E-state index contributed by atoms with van der Waals surface area (Å²) in [6, 6.07) is 28.5. The van der Waals surface area contributed by atoms with Gasteiger partial charge in [0.1, 0.15) is 12.4 Å². The first kappa shape index (κ1) is 27.5. The van der Waals surface area contributed by atoms with Crippen LogP contribution in [0.25, 0.3) is 6.08 Å². The summed E-state index contributed by atoms with van der Waals surface area (Å²) < 4.78 is 8.22. The largest absolute Gasteiger partial charge is 0.487 e. The van der Waals surface area contributed by atoms with Crippen LogP contribution in [0.3, 0.4) is 0 Å². The number of halogens is 4. The van der Waals surface area contributed by atoms with Crippen molar-refractivity contribution >= 4 is 109 Å². The Bertz CT molecular complexity index is 1560. The normalized spacial score (nSPS) is 15.5. The lowest BCUT2D eigenvalue weighted by Crippen LogP contribution is -2.28. The Labute approximate surface area is 262 Å². The summed E-state index contributed by atoms with van der Waals surface area (Å²) in [4.78, 5) is 20.7. The van der Waals surface area contributed by atoms with Gasteiger partial charge in [0.05, 0.1) is 19.9 Å². The molecule has 5 rings (SSSR count). The molecular weight excluding hydrogens is 765 g/mol. The van der Waals surface area contributed by atoms with E-state index >= 15 is 0 Å². The third kappa shape index (κ3) is 6.39. The highest BCUT2D eigenvalue weighted by molar-refractivity contribution is 14.1. The molecule has 0 unspecified atom stereocenters. The molecule has 38 heavy (non-hydrogen) atoms. The lowest BCUT2D eigenvalue weighted by atomic mass is 10.1. The van der Waals surface area contributed by atoms with E-state index in [0.29, 0.717) is 25.9 Å². The fraction of sp³-hybridized carbons (Fsp3) is 0.0345. The van der Waals surface area contributed by atoms with Crippen molar-refractivity contribution in [3.05, 3.63) is 124 Å². The molecule has 190 valence electrons. The number of carbonyl (C=O) groups excluding carboxylic acids is 1. The first-order valence-electron chi connectivity index (χ1n) is 11.4. The number of ether oxygens (including phenoxy) is 1. The second kappa shape index (κ2) is 12.4. The van der Waals surface area contributed by atoms with E-state index < -0.39 is 0 Å². The van der Waals surface area contributed by atoms with Crippen molar-refractivity contribution < 1.29 is 9.53 Å². The number of amides is 1. The average Bonchev–Trinajstić information content (AvgIpc) is 3.19. The Morgan fingerprint density at radius 2 is 1.63 bits per heavy atom. The van der Waals surface area contributed by atoms with Crippen LogP contribution in [0.5, 0.6) is 5.75 Å². The molecule has 9 heteroatoms. The second-order valence-electron chi connectivity index (χ2n) is 8.15. The summed E-state index contributed by atoms with van der Waals surface area (Å²) >= 11 is 18.3. The molecule has 0 aromatic heterocycles. The third-order valence-electron chi connectivity index (χ3n) is 5.51. The lowest BCUT2D eigenvalue weighted by molar-refractivity contribution is -0.113. The number of amidine groups is 1. The summed E-state index contributed by atoms with van der Waals surface area (Å²) in [6.45, 7) is 0.265. The number of aliphatic imine (C=N–C) groups is 1. The van der Waals surface area contributed by atoms with Gasteiger partial charge < -0.3 is 4.74 Å². The molecule has 0 radical (unpaired) electrons. The van der Waals surface area contributed by atoms with E-state index in [0.717, 1.165) is 29.6 Å². The molecule has 1 amide bonds. The third-order valence-corrected chi connectivity index (χ3v) is 8.49. The summed E-state index contributed by atoms with van der Waals surface area (Å²) in [5, 5.41) is 1.70. The molecule has 0 spiro atoms. The quantitative estimate of drug-likeness (QED) is 0.145. The summed E-state index contributed by atoms with van der Waals surface area (Å²) in [6.07, 6.45) is 1.87. The SMILES string of the molecule is O=C1C(=Cc2cc(I)cc(I)c2OCc2ccc(Cl)cc2Cl)SC(=Nc2ccccc2)N1c1ccccc1. The molecule has 1 heterocycles. The molecule has 4 nitrogen and oxygen atoms in total. The van der Waals surface area contributed by atoms with Crippen molar-refractivity contribution in [3.8, 4) is 5.75 Å². The van der Waals surface area contributed by atoms with E-state index in [1.165, 1.54) is 11.8 Å². The highest BCUT2D eigenvalue weighted by Crippen LogP contribution is 2.39. The van der Waals surface area contributed by atoms with Crippen molar-refractivity contribution in [1.29, 1.82) is 0 Å². The van der Waals surface area contributed by atoms with E-state index in [1.54, 1.807) is 17.0 Å². The van der Waals surface area contributed by atoms with Gasteiger partial charge in [-0.25, -0.2) is 4.99 Å². The maximum absolute atomic E-state index is 13.7. The van der Waals surface area contributed by atoms with Crippen molar-refractivity contribution in [2.45, 2.75) is 6.61 Å². The van der Waals surface area contributed by atoms with Gasteiger partial charge >= 0.3 is 0 Å². The van der Waals surface area contributed by atoms with Crippen LogP contribution in [0, 0.1) is 7.14 Å². The van der Waals surface area contributed by atoms with Gasteiger partial charge in [-0.05, 0) is 112 Å². The number of thioether (sulfide) groups is 1. The monoisotopic (exact) mass is 782 g/mol. The van der Waals surface area contributed by atoms with Crippen LogP contribution in [-0.4, -0.2) is 11.1 Å². The van der Waals surface area contributed by atoms with Crippen molar-refractivity contribution in [2.24, 2.45) is 4.99 Å². The van der Waals surface area contributed by atoms with Crippen LogP contribution >= 0.6 is 80.1 Å². The highest BCUT2D eigenvalue weighted by atomic mass is 127. The predicted octanol–water partition coefficient (Wildman–Crippen LogP) is 9.59. The maximum Gasteiger partial charge on any atom is 0.271 e. The first-order chi connectivity index (χ1) is 18.4. The van der Waals surface area contributed by atoms with Gasteiger partial charge in [0.15, 0.2) is 5.17 Å². The highest BCUT2D eigenvalue weighted by Gasteiger charge is 2.35. The Hall–Kier alpha value is -2.05. The van der Waals surface area contributed by atoms with Crippen LogP contribution in [-0.2, 0) is 11.4 Å². The Morgan fingerprint density at radius 1 is 0.921 bits per heavy atom. The van der Waals surface area contributed by atoms with Gasteiger partial charge in [0.2, 0.25) is 0 Å². The van der Waals surface area contributed by atoms with E-state index in [2.05, 4.69) is 45.2 Å². The zero-order valence-corrected chi connectivity index (χ0v) is 26.2. The van der Waals surface area contributed by atoms with Crippen LogP contribution < -0.4 is 9.64 Å². The minimum atomic E-state index is -0.142.